The fraction of sp³-hybridized carbons (Fsp3) is 0.182. The maximum absolute atomic E-state index is 8.69. The molecule has 0 fully saturated rings. The Hall–Kier alpha value is -1.42. The first-order valence-electron chi connectivity index (χ1n) is 4.74. The number of aromatic nitrogens is 3. The Labute approximate surface area is 107 Å². The van der Waals surface area contributed by atoms with E-state index in [1.165, 1.54) is 0 Å². The molecule has 2 rings (SSSR count). The molecule has 0 aliphatic carbocycles. The van der Waals surface area contributed by atoms with Crippen molar-refractivity contribution in [3.63, 3.8) is 0 Å². The van der Waals surface area contributed by atoms with Crippen molar-refractivity contribution in [3.8, 4) is 17.3 Å². The minimum Gasteiger partial charge on any atom is -0.264 e. The second-order valence-corrected chi connectivity index (χ2v) is 4.38. The SMILES string of the molecule is Cc1c(I)c(-c2cccnc2)nn1CC#N. The third-order valence-electron chi connectivity index (χ3n) is 2.29. The van der Waals surface area contributed by atoms with Crippen LogP contribution < -0.4 is 0 Å². The monoisotopic (exact) mass is 324 g/mol. The second kappa shape index (κ2) is 4.61. The van der Waals surface area contributed by atoms with E-state index < -0.39 is 0 Å². The Kier molecular flexibility index (Phi) is 3.19. The zero-order valence-electron chi connectivity index (χ0n) is 8.68. The molecule has 0 bridgehead atoms. The summed E-state index contributed by atoms with van der Waals surface area (Å²) in [6.45, 7) is 2.24. The van der Waals surface area contributed by atoms with Gasteiger partial charge in [0.2, 0.25) is 0 Å². The summed E-state index contributed by atoms with van der Waals surface area (Å²) in [5.74, 6) is 0. The number of rotatable bonds is 2. The zero-order chi connectivity index (χ0) is 11.5. The summed E-state index contributed by atoms with van der Waals surface area (Å²) >= 11 is 2.25. The molecule has 2 aromatic heterocycles. The summed E-state index contributed by atoms with van der Waals surface area (Å²) in [5, 5.41) is 13.1. The van der Waals surface area contributed by atoms with Crippen LogP contribution >= 0.6 is 22.6 Å². The Balaban J connectivity index is 2.52. The highest BCUT2D eigenvalue weighted by Gasteiger charge is 2.13. The average molecular weight is 324 g/mol. The summed E-state index contributed by atoms with van der Waals surface area (Å²) in [6.07, 6.45) is 3.51. The van der Waals surface area contributed by atoms with Gasteiger partial charge in [0.1, 0.15) is 12.2 Å². The lowest BCUT2D eigenvalue weighted by molar-refractivity contribution is 0.688. The van der Waals surface area contributed by atoms with Gasteiger partial charge in [-0.25, -0.2) is 0 Å². The molecular formula is C11H9IN4. The van der Waals surface area contributed by atoms with Crippen molar-refractivity contribution < 1.29 is 0 Å². The van der Waals surface area contributed by atoms with E-state index in [9.17, 15) is 0 Å². The third-order valence-corrected chi connectivity index (χ3v) is 3.58. The standard InChI is InChI=1S/C11H9IN4/c1-8-10(12)11(15-16(8)6-4-13)9-3-2-5-14-7-9/h2-3,5,7H,6H2,1H3. The molecule has 0 aliphatic rings. The zero-order valence-corrected chi connectivity index (χ0v) is 10.8. The van der Waals surface area contributed by atoms with Crippen molar-refractivity contribution in [1.82, 2.24) is 14.8 Å². The molecule has 16 heavy (non-hydrogen) atoms. The Morgan fingerprint density at radius 3 is 3.00 bits per heavy atom. The molecule has 80 valence electrons. The molecule has 0 spiro atoms. The van der Waals surface area contributed by atoms with E-state index in [2.05, 4.69) is 38.7 Å². The lowest BCUT2D eigenvalue weighted by Crippen LogP contribution is -2.00. The number of nitriles is 1. The van der Waals surface area contributed by atoms with E-state index in [0.717, 1.165) is 20.5 Å². The van der Waals surface area contributed by atoms with Crippen LogP contribution in [0.15, 0.2) is 24.5 Å². The van der Waals surface area contributed by atoms with Gasteiger partial charge < -0.3 is 0 Å². The predicted octanol–water partition coefficient (Wildman–Crippen LogP) is 2.38. The van der Waals surface area contributed by atoms with E-state index in [0.29, 0.717) is 0 Å². The molecule has 0 aromatic carbocycles. The molecule has 0 radical (unpaired) electrons. The van der Waals surface area contributed by atoms with Crippen LogP contribution in [0.5, 0.6) is 0 Å². The highest BCUT2D eigenvalue weighted by atomic mass is 127. The number of hydrogen-bond donors (Lipinski definition) is 0. The number of pyridine rings is 1. The van der Waals surface area contributed by atoms with Crippen LogP contribution in [0, 0.1) is 21.8 Å². The first-order valence-corrected chi connectivity index (χ1v) is 5.82. The first-order chi connectivity index (χ1) is 7.74. The predicted molar refractivity (Wildman–Crippen MR) is 68.5 cm³/mol. The molecule has 0 saturated carbocycles. The van der Waals surface area contributed by atoms with Crippen molar-refractivity contribution >= 4 is 22.6 Å². The average Bonchev–Trinajstić information content (AvgIpc) is 2.59. The van der Waals surface area contributed by atoms with Gasteiger partial charge in [0.25, 0.3) is 0 Å². The van der Waals surface area contributed by atoms with Gasteiger partial charge in [-0.05, 0) is 41.6 Å². The van der Waals surface area contributed by atoms with E-state index in [-0.39, 0.29) is 6.54 Å². The summed E-state index contributed by atoms with van der Waals surface area (Å²) in [7, 11) is 0. The van der Waals surface area contributed by atoms with Crippen LogP contribution in [0.3, 0.4) is 0 Å². The molecular weight excluding hydrogens is 315 g/mol. The number of halogens is 1. The lowest BCUT2D eigenvalue weighted by atomic mass is 10.2. The molecule has 4 nitrogen and oxygen atoms in total. The molecule has 0 N–H and O–H groups in total. The minimum atomic E-state index is 0.280. The highest BCUT2D eigenvalue weighted by molar-refractivity contribution is 14.1. The van der Waals surface area contributed by atoms with E-state index in [4.69, 9.17) is 5.26 Å². The number of hydrogen-bond acceptors (Lipinski definition) is 3. The number of nitrogens with zero attached hydrogens (tertiary/aromatic N) is 4. The van der Waals surface area contributed by atoms with Crippen LogP contribution in [-0.2, 0) is 6.54 Å². The lowest BCUT2D eigenvalue weighted by Gasteiger charge is -1.95. The smallest absolute Gasteiger partial charge is 0.128 e. The van der Waals surface area contributed by atoms with Crippen molar-refractivity contribution in [1.29, 1.82) is 5.26 Å². The van der Waals surface area contributed by atoms with E-state index in [1.807, 2.05) is 19.1 Å². The van der Waals surface area contributed by atoms with E-state index >= 15 is 0 Å². The van der Waals surface area contributed by atoms with Crippen LogP contribution in [0.4, 0.5) is 0 Å². The van der Waals surface area contributed by atoms with Gasteiger partial charge in [-0.1, -0.05) is 0 Å². The van der Waals surface area contributed by atoms with Crippen LogP contribution in [0.1, 0.15) is 5.69 Å². The van der Waals surface area contributed by atoms with Gasteiger partial charge in [-0.15, -0.1) is 0 Å². The Morgan fingerprint density at radius 2 is 2.38 bits per heavy atom. The van der Waals surface area contributed by atoms with Gasteiger partial charge >= 0.3 is 0 Å². The highest BCUT2D eigenvalue weighted by Crippen LogP contribution is 2.25. The minimum absolute atomic E-state index is 0.280. The van der Waals surface area contributed by atoms with E-state index in [1.54, 1.807) is 17.1 Å². The summed E-state index contributed by atoms with van der Waals surface area (Å²) in [5.41, 5.74) is 2.88. The fourth-order valence-corrected chi connectivity index (χ4v) is 2.13. The molecule has 5 heteroatoms. The first kappa shape index (κ1) is 11.1. The molecule has 0 amide bonds. The fourth-order valence-electron chi connectivity index (χ4n) is 1.43. The second-order valence-electron chi connectivity index (χ2n) is 3.31. The molecule has 0 aliphatic heterocycles. The quantitative estimate of drug-likeness (QED) is 0.797. The summed E-state index contributed by atoms with van der Waals surface area (Å²) in [4.78, 5) is 4.07. The normalized spacial score (nSPS) is 10.1. The van der Waals surface area contributed by atoms with Crippen LogP contribution in [-0.4, -0.2) is 14.8 Å². The Bertz CT molecular complexity index is 539. The van der Waals surface area contributed by atoms with Gasteiger partial charge in [0.15, 0.2) is 0 Å². The summed E-state index contributed by atoms with van der Waals surface area (Å²) < 4.78 is 2.78. The van der Waals surface area contributed by atoms with Crippen LogP contribution in [0.2, 0.25) is 0 Å². The largest absolute Gasteiger partial charge is 0.264 e. The molecule has 0 atom stereocenters. The van der Waals surface area contributed by atoms with Crippen LogP contribution in [0.25, 0.3) is 11.3 Å². The topological polar surface area (TPSA) is 54.5 Å². The maximum Gasteiger partial charge on any atom is 0.128 e. The van der Waals surface area contributed by atoms with Crippen molar-refractivity contribution in [2.75, 3.05) is 0 Å². The molecule has 2 aromatic rings. The van der Waals surface area contributed by atoms with Gasteiger partial charge in [-0.2, -0.15) is 10.4 Å². The maximum atomic E-state index is 8.69. The van der Waals surface area contributed by atoms with Gasteiger partial charge in [0.05, 0.1) is 15.3 Å². The Morgan fingerprint density at radius 1 is 1.56 bits per heavy atom. The molecule has 0 saturated heterocycles. The third kappa shape index (κ3) is 1.93. The van der Waals surface area contributed by atoms with Gasteiger partial charge in [0, 0.05) is 18.0 Å². The van der Waals surface area contributed by atoms with Crippen molar-refractivity contribution in [2.45, 2.75) is 13.5 Å². The summed E-state index contributed by atoms with van der Waals surface area (Å²) in [6, 6.07) is 5.94. The molecule has 2 heterocycles. The van der Waals surface area contributed by atoms with Crippen molar-refractivity contribution in [3.05, 3.63) is 33.8 Å². The molecule has 0 unspecified atom stereocenters. The van der Waals surface area contributed by atoms with Gasteiger partial charge in [-0.3, -0.25) is 9.67 Å². The van der Waals surface area contributed by atoms with Crippen molar-refractivity contribution in [2.24, 2.45) is 0 Å².